The number of carboxylic acids is 1. The maximum atomic E-state index is 12.0. The van der Waals surface area contributed by atoms with E-state index in [0.29, 0.717) is 22.9 Å². The molecule has 0 aliphatic carbocycles. The maximum Gasteiger partial charge on any atom is 0.345 e. The Hall–Kier alpha value is -2.34. The third-order valence-electron chi connectivity index (χ3n) is 2.44. The van der Waals surface area contributed by atoms with Gasteiger partial charge in [-0.1, -0.05) is 6.07 Å². The van der Waals surface area contributed by atoms with Crippen LogP contribution in [0.15, 0.2) is 36.4 Å². The molecule has 0 aliphatic heterocycles. The number of rotatable bonds is 5. The summed E-state index contributed by atoms with van der Waals surface area (Å²) in [6.07, 6.45) is 0. The first-order chi connectivity index (χ1) is 9.60. The summed E-state index contributed by atoms with van der Waals surface area (Å²) in [5.41, 5.74) is 0.603. The van der Waals surface area contributed by atoms with Crippen molar-refractivity contribution in [3.63, 3.8) is 0 Å². The molecule has 1 heterocycles. The van der Waals surface area contributed by atoms with Gasteiger partial charge in [0.05, 0.1) is 11.5 Å². The van der Waals surface area contributed by atoms with Crippen molar-refractivity contribution >= 4 is 28.9 Å². The van der Waals surface area contributed by atoms with Gasteiger partial charge in [-0.25, -0.2) is 4.79 Å². The fourth-order valence-electron chi connectivity index (χ4n) is 1.60. The van der Waals surface area contributed by atoms with Crippen molar-refractivity contribution in [1.29, 1.82) is 0 Å². The van der Waals surface area contributed by atoms with E-state index in [2.05, 4.69) is 5.32 Å². The Bertz CT molecular complexity index is 636. The van der Waals surface area contributed by atoms with Crippen LogP contribution >= 0.6 is 11.3 Å². The second-order valence-corrected chi connectivity index (χ2v) is 4.97. The zero-order valence-electron chi connectivity index (χ0n) is 10.8. The molecule has 0 aliphatic rings. The molecular weight excluding hydrogens is 278 g/mol. The summed E-state index contributed by atoms with van der Waals surface area (Å²) in [5.74, 6) is -0.703. The molecular formula is C14H13NO4S. The van der Waals surface area contributed by atoms with Gasteiger partial charge in [-0.05, 0) is 31.2 Å². The van der Waals surface area contributed by atoms with Crippen LogP contribution < -0.4 is 10.1 Å². The lowest BCUT2D eigenvalue weighted by atomic mass is 10.3. The van der Waals surface area contributed by atoms with Crippen LogP contribution in [-0.2, 0) is 0 Å². The summed E-state index contributed by atoms with van der Waals surface area (Å²) in [6.45, 7) is 2.43. The minimum Gasteiger partial charge on any atom is -0.494 e. The molecule has 20 heavy (non-hydrogen) atoms. The fourth-order valence-corrected chi connectivity index (χ4v) is 2.34. The molecule has 104 valence electrons. The number of ether oxygens (including phenoxy) is 1. The van der Waals surface area contributed by atoms with Gasteiger partial charge in [-0.15, -0.1) is 11.3 Å². The standard InChI is InChI=1S/C14H13NO4S/c1-2-19-10-5-3-4-9(8-10)15-13(16)11-6-7-12(20-11)14(17)18/h3-8H,2H2,1H3,(H,15,16)(H,17,18). The highest BCUT2D eigenvalue weighted by molar-refractivity contribution is 7.15. The molecule has 0 spiro atoms. The Morgan fingerprint density at radius 2 is 2.00 bits per heavy atom. The lowest BCUT2D eigenvalue weighted by Gasteiger charge is -2.07. The monoisotopic (exact) mass is 291 g/mol. The van der Waals surface area contributed by atoms with E-state index >= 15 is 0 Å². The van der Waals surface area contributed by atoms with E-state index in [9.17, 15) is 9.59 Å². The quantitative estimate of drug-likeness (QED) is 0.887. The second kappa shape index (κ2) is 6.21. The highest BCUT2D eigenvalue weighted by Crippen LogP contribution is 2.21. The van der Waals surface area contributed by atoms with Gasteiger partial charge in [0.25, 0.3) is 5.91 Å². The van der Waals surface area contributed by atoms with Gasteiger partial charge in [-0.3, -0.25) is 4.79 Å². The topological polar surface area (TPSA) is 75.6 Å². The minimum absolute atomic E-state index is 0.137. The highest BCUT2D eigenvalue weighted by Gasteiger charge is 2.13. The normalized spacial score (nSPS) is 10.1. The summed E-state index contributed by atoms with van der Waals surface area (Å²) in [6, 6.07) is 9.94. The Morgan fingerprint density at radius 3 is 2.65 bits per heavy atom. The molecule has 2 aromatic rings. The molecule has 1 aromatic carbocycles. The maximum absolute atomic E-state index is 12.0. The Morgan fingerprint density at radius 1 is 1.25 bits per heavy atom. The van der Waals surface area contributed by atoms with Crippen molar-refractivity contribution in [3.05, 3.63) is 46.2 Å². The van der Waals surface area contributed by atoms with E-state index in [1.54, 1.807) is 24.3 Å². The number of nitrogens with one attached hydrogen (secondary N) is 1. The predicted molar refractivity (Wildman–Crippen MR) is 76.8 cm³/mol. The van der Waals surface area contributed by atoms with Crippen LogP contribution in [0.5, 0.6) is 5.75 Å². The molecule has 0 atom stereocenters. The van der Waals surface area contributed by atoms with Gasteiger partial charge >= 0.3 is 5.97 Å². The van der Waals surface area contributed by atoms with Crippen LogP contribution in [0.2, 0.25) is 0 Å². The number of aromatic carboxylic acids is 1. The fraction of sp³-hybridized carbons (Fsp3) is 0.143. The first-order valence-corrected chi connectivity index (χ1v) is 6.79. The van der Waals surface area contributed by atoms with Gasteiger partial charge in [0.2, 0.25) is 0 Å². The third-order valence-corrected chi connectivity index (χ3v) is 3.52. The summed E-state index contributed by atoms with van der Waals surface area (Å²) in [5, 5.41) is 11.5. The number of anilines is 1. The summed E-state index contributed by atoms with van der Waals surface area (Å²) in [7, 11) is 0. The molecule has 0 bridgehead atoms. The Labute approximate surface area is 119 Å². The van der Waals surface area contributed by atoms with Crippen molar-refractivity contribution in [2.45, 2.75) is 6.92 Å². The first kappa shape index (κ1) is 14.1. The van der Waals surface area contributed by atoms with Gasteiger partial charge in [0.1, 0.15) is 10.6 Å². The number of carbonyl (C=O) groups excluding carboxylic acids is 1. The Balaban J connectivity index is 2.10. The van der Waals surface area contributed by atoms with E-state index in [0.717, 1.165) is 11.3 Å². The predicted octanol–water partition coefficient (Wildman–Crippen LogP) is 3.10. The number of hydrogen-bond acceptors (Lipinski definition) is 4. The van der Waals surface area contributed by atoms with Gasteiger partial charge < -0.3 is 15.2 Å². The molecule has 0 saturated carbocycles. The number of carboxylic acid groups (broad SMARTS) is 1. The van der Waals surface area contributed by atoms with Gasteiger partial charge in [0, 0.05) is 11.8 Å². The second-order valence-electron chi connectivity index (χ2n) is 3.88. The van der Waals surface area contributed by atoms with Crippen molar-refractivity contribution in [1.82, 2.24) is 0 Å². The van der Waals surface area contributed by atoms with Crippen molar-refractivity contribution in [2.24, 2.45) is 0 Å². The molecule has 2 rings (SSSR count). The molecule has 0 saturated heterocycles. The van der Waals surface area contributed by atoms with E-state index in [1.165, 1.54) is 12.1 Å². The molecule has 0 fully saturated rings. The molecule has 5 nitrogen and oxygen atoms in total. The van der Waals surface area contributed by atoms with Crippen molar-refractivity contribution in [3.8, 4) is 5.75 Å². The van der Waals surface area contributed by atoms with E-state index in [4.69, 9.17) is 9.84 Å². The van der Waals surface area contributed by atoms with Crippen LogP contribution in [0.25, 0.3) is 0 Å². The largest absolute Gasteiger partial charge is 0.494 e. The molecule has 0 unspecified atom stereocenters. The zero-order valence-corrected chi connectivity index (χ0v) is 11.6. The highest BCUT2D eigenvalue weighted by atomic mass is 32.1. The Kier molecular flexibility index (Phi) is 4.37. The van der Waals surface area contributed by atoms with Gasteiger partial charge in [-0.2, -0.15) is 0 Å². The van der Waals surface area contributed by atoms with Gasteiger partial charge in [0.15, 0.2) is 0 Å². The first-order valence-electron chi connectivity index (χ1n) is 5.97. The van der Waals surface area contributed by atoms with E-state index in [-0.39, 0.29) is 10.8 Å². The molecule has 0 radical (unpaired) electrons. The lowest BCUT2D eigenvalue weighted by molar-refractivity contribution is 0.0702. The molecule has 1 amide bonds. The van der Waals surface area contributed by atoms with E-state index < -0.39 is 5.97 Å². The SMILES string of the molecule is CCOc1cccc(NC(=O)c2ccc(C(=O)O)s2)c1. The van der Waals surface area contributed by atoms with Crippen molar-refractivity contribution in [2.75, 3.05) is 11.9 Å². The minimum atomic E-state index is -1.03. The summed E-state index contributed by atoms with van der Waals surface area (Å²) in [4.78, 5) is 23.2. The smallest absolute Gasteiger partial charge is 0.345 e. The number of carbonyl (C=O) groups is 2. The molecule has 6 heteroatoms. The van der Waals surface area contributed by atoms with Crippen LogP contribution in [0.1, 0.15) is 26.3 Å². The van der Waals surface area contributed by atoms with Crippen LogP contribution in [0, 0.1) is 0 Å². The lowest BCUT2D eigenvalue weighted by Crippen LogP contribution is -2.10. The number of amides is 1. The average molecular weight is 291 g/mol. The summed E-state index contributed by atoms with van der Waals surface area (Å²) < 4.78 is 5.34. The molecule has 1 aromatic heterocycles. The van der Waals surface area contributed by atoms with E-state index in [1.807, 2.05) is 6.92 Å². The van der Waals surface area contributed by atoms with Crippen LogP contribution in [0.3, 0.4) is 0 Å². The van der Waals surface area contributed by atoms with Crippen molar-refractivity contribution < 1.29 is 19.4 Å². The van der Waals surface area contributed by atoms with Crippen LogP contribution in [-0.4, -0.2) is 23.6 Å². The number of hydrogen-bond donors (Lipinski definition) is 2. The summed E-state index contributed by atoms with van der Waals surface area (Å²) >= 11 is 0.940. The zero-order chi connectivity index (χ0) is 14.5. The number of benzene rings is 1. The van der Waals surface area contributed by atoms with Crippen LogP contribution in [0.4, 0.5) is 5.69 Å². The molecule has 2 N–H and O–H groups in total. The number of thiophene rings is 1. The average Bonchev–Trinajstić information content (AvgIpc) is 2.89. The third kappa shape index (κ3) is 3.36.